The third-order valence-corrected chi connectivity index (χ3v) is 4.29. The molecule has 0 spiro atoms. The topological polar surface area (TPSA) is 67.4 Å². The van der Waals surface area contributed by atoms with Crippen molar-refractivity contribution in [2.24, 2.45) is 0 Å². The molecule has 5 heteroatoms. The highest BCUT2D eigenvalue weighted by atomic mass is 16.5. The van der Waals surface area contributed by atoms with Gasteiger partial charge in [-0.15, -0.1) is 0 Å². The van der Waals surface area contributed by atoms with Gasteiger partial charge in [0.2, 0.25) is 0 Å². The number of aryl methyl sites for hydroxylation is 2. The summed E-state index contributed by atoms with van der Waals surface area (Å²) < 4.78 is 5.82. The average molecular weight is 374 g/mol. The van der Waals surface area contributed by atoms with E-state index in [1.807, 2.05) is 62.4 Å². The van der Waals surface area contributed by atoms with Crippen molar-refractivity contribution in [1.29, 1.82) is 0 Å². The van der Waals surface area contributed by atoms with Gasteiger partial charge in [0, 0.05) is 5.69 Å². The van der Waals surface area contributed by atoms with E-state index in [1.54, 1.807) is 24.3 Å². The van der Waals surface area contributed by atoms with Crippen molar-refractivity contribution in [2.75, 3.05) is 10.6 Å². The highest BCUT2D eigenvalue weighted by molar-refractivity contribution is 6.44. The summed E-state index contributed by atoms with van der Waals surface area (Å²) in [7, 11) is 0. The van der Waals surface area contributed by atoms with Crippen molar-refractivity contribution in [2.45, 2.75) is 20.3 Å². The zero-order chi connectivity index (χ0) is 19.9. The number of anilines is 2. The molecule has 0 bridgehead atoms. The fourth-order valence-corrected chi connectivity index (χ4v) is 2.83. The van der Waals surface area contributed by atoms with Gasteiger partial charge in [0.15, 0.2) is 5.75 Å². The number of hydrogen-bond acceptors (Lipinski definition) is 3. The van der Waals surface area contributed by atoms with Crippen LogP contribution in [-0.2, 0) is 16.0 Å². The molecule has 5 nitrogen and oxygen atoms in total. The largest absolute Gasteiger partial charge is 0.455 e. The smallest absolute Gasteiger partial charge is 0.314 e. The van der Waals surface area contributed by atoms with E-state index >= 15 is 0 Å². The van der Waals surface area contributed by atoms with Gasteiger partial charge in [0.05, 0.1) is 5.69 Å². The minimum atomic E-state index is -0.755. The van der Waals surface area contributed by atoms with Crippen LogP contribution < -0.4 is 15.4 Å². The van der Waals surface area contributed by atoms with Gasteiger partial charge in [0.1, 0.15) is 5.75 Å². The lowest BCUT2D eigenvalue weighted by molar-refractivity contribution is -0.133. The lowest BCUT2D eigenvalue weighted by Crippen LogP contribution is -2.29. The van der Waals surface area contributed by atoms with Crippen molar-refractivity contribution in [3.63, 3.8) is 0 Å². The summed E-state index contributed by atoms with van der Waals surface area (Å²) in [4.78, 5) is 24.9. The van der Waals surface area contributed by atoms with Crippen molar-refractivity contribution in [3.8, 4) is 11.5 Å². The molecule has 0 aromatic heterocycles. The molecule has 3 aromatic rings. The van der Waals surface area contributed by atoms with Crippen LogP contribution in [0.2, 0.25) is 0 Å². The van der Waals surface area contributed by atoms with Gasteiger partial charge in [-0.25, -0.2) is 0 Å². The predicted octanol–water partition coefficient (Wildman–Crippen LogP) is 4.93. The van der Waals surface area contributed by atoms with Crippen LogP contribution in [0, 0.1) is 6.92 Å². The first-order chi connectivity index (χ1) is 13.6. The maximum absolute atomic E-state index is 12.5. The average Bonchev–Trinajstić information content (AvgIpc) is 2.71. The number of ether oxygens (including phenoxy) is 1. The standard InChI is InChI=1S/C23H22N2O3/c1-3-17-11-9-10-16(2)21(17)25-23(27)22(26)24-19-14-7-8-15-20(19)28-18-12-5-4-6-13-18/h4-15H,3H2,1-2H3,(H,24,26)(H,25,27). The Kier molecular flexibility index (Phi) is 6.07. The fraction of sp³-hybridized carbons (Fsp3) is 0.130. The van der Waals surface area contributed by atoms with Gasteiger partial charge < -0.3 is 15.4 Å². The lowest BCUT2D eigenvalue weighted by Gasteiger charge is -2.14. The number of carbonyl (C=O) groups excluding carboxylic acids is 2. The normalized spacial score (nSPS) is 10.2. The number of para-hydroxylation sites is 4. The molecule has 0 fully saturated rings. The second kappa shape index (κ2) is 8.86. The summed E-state index contributed by atoms with van der Waals surface area (Å²) in [6.45, 7) is 3.90. The van der Waals surface area contributed by atoms with E-state index in [4.69, 9.17) is 4.74 Å². The van der Waals surface area contributed by atoms with Gasteiger partial charge in [-0.3, -0.25) is 9.59 Å². The molecule has 0 radical (unpaired) electrons. The first kappa shape index (κ1) is 19.2. The third-order valence-electron chi connectivity index (χ3n) is 4.29. The van der Waals surface area contributed by atoms with E-state index in [1.165, 1.54) is 0 Å². The van der Waals surface area contributed by atoms with Crippen LogP contribution in [0.5, 0.6) is 11.5 Å². The van der Waals surface area contributed by atoms with Crippen molar-refractivity contribution in [1.82, 2.24) is 0 Å². The van der Waals surface area contributed by atoms with Gasteiger partial charge >= 0.3 is 11.8 Å². The molecule has 0 aliphatic heterocycles. The lowest BCUT2D eigenvalue weighted by atomic mass is 10.1. The van der Waals surface area contributed by atoms with E-state index in [9.17, 15) is 9.59 Å². The number of hydrogen-bond donors (Lipinski definition) is 2. The molecule has 3 aromatic carbocycles. The van der Waals surface area contributed by atoms with Crippen LogP contribution in [0.1, 0.15) is 18.1 Å². The van der Waals surface area contributed by atoms with Crippen LogP contribution in [0.15, 0.2) is 72.8 Å². The van der Waals surface area contributed by atoms with E-state index in [-0.39, 0.29) is 0 Å². The molecule has 2 N–H and O–H groups in total. The zero-order valence-corrected chi connectivity index (χ0v) is 15.9. The Bertz CT molecular complexity index is 984. The Balaban J connectivity index is 1.74. The van der Waals surface area contributed by atoms with Gasteiger partial charge in [-0.1, -0.05) is 55.5 Å². The summed E-state index contributed by atoms with van der Waals surface area (Å²) in [5.41, 5.74) is 2.99. The van der Waals surface area contributed by atoms with Crippen molar-refractivity contribution >= 4 is 23.2 Å². The number of nitrogens with one attached hydrogen (secondary N) is 2. The second-order valence-electron chi connectivity index (χ2n) is 6.28. The molecule has 142 valence electrons. The summed E-state index contributed by atoms with van der Waals surface area (Å²) in [5, 5.41) is 5.36. The van der Waals surface area contributed by atoms with E-state index in [0.29, 0.717) is 22.9 Å². The summed E-state index contributed by atoms with van der Waals surface area (Å²) in [5.74, 6) is -0.380. The van der Waals surface area contributed by atoms with Gasteiger partial charge in [-0.2, -0.15) is 0 Å². The molecule has 0 saturated carbocycles. The second-order valence-corrected chi connectivity index (χ2v) is 6.28. The minimum Gasteiger partial charge on any atom is -0.455 e. The molecule has 0 unspecified atom stereocenters. The van der Waals surface area contributed by atoms with Crippen LogP contribution in [0.3, 0.4) is 0 Å². The van der Waals surface area contributed by atoms with Gasteiger partial charge in [-0.05, 0) is 48.7 Å². The van der Waals surface area contributed by atoms with Crippen LogP contribution in [-0.4, -0.2) is 11.8 Å². The molecule has 2 amide bonds. The Morgan fingerprint density at radius 3 is 2.25 bits per heavy atom. The van der Waals surface area contributed by atoms with E-state index in [0.717, 1.165) is 17.5 Å². The molecule has 0 saturated heterocycles. The summed E-state index contributed by atoms with van der Waals surface area (Å²) in [6, 6.07) is 22.0. The first-order valence-electron chi connectivity index (χ1n) is 9.11. The van der Waals surface area contributed by atoms with Crippen LogP contribution in [0.25, 0.3) is 0 Å². The molecule has 0 aliphatic carbocycles. The molecule has 3 rings (SSSR count). The van der Waals surface area contributed by atoms with E-state index < -0.39 is 11.8 Å². The molecule has 0 aliphatic rings. The number of amides is 2. The van der Waals surface area contributed by atoms with Crippen molar-refractivity contribution < 1.29 is 14.3 Å². The van der Waals surface area contributed by atoms with E-state index in [2.05, 4.69) is 10.6 Å². The number of rotatable bonds is 5. The molecule has 0 heterocycles. The van der Waals surface area contributed by atoms with Gasteiger partial charge in [0.25, 0.3) is 0 Å². The van der Waals surface area contributed by atoms with Crippen LogP contribution in [0.4, 0.5) is 11.4 Å². The highest BCUT2D eigenvalue weighted by Crippen LogP contribution is 2.29. The molecule has 28 heavy (non-hydrogen) atoms. The molecule has 0 atom stereocenters. The third kappa shape index (κ3) is 4.57. The number of benzene rings is 3. The SMILES string of the molecule is CCc1cccc(C)c1NC(=O)C(=O)Nc1ccccc1Oc1ccccc1. The fourth-order valence-electron chi connectivity index (χ4n) is 2.83. The highest BCUT2D eigenvalue weighted by Gasteiger charge is 2.18. The minimum absolute atomic E-state index is 0.423. The molecular formula is C23H22N2O3. The molecular weight excluding hydrogens is 352 g/mol. The Hall–Kier alpha value is -3.60. The van der Waals surface area contributed by atoms with Crippen molar-refractivity contribution in [3.05, 3.63) is 83.9 Å². The Morgan fingerprint density at radius 2 is 1.50 bits per heavy atom. The Morgan fingerprint density at radius 1 is 0.821 bits per heavy atom. The maximum Gasteiger partial charge on any atom is 0.314 e. The quantitative estimate of drug-likeness (QED) is 0.623. The number of carbonyl (C=O) groups is 2. The monoisotopic (exact) mass is 374 g/mol. The summed E-state index contributed by atoms with van der Waals surface area (Å²) in [6.07, 6.45) is 0.757. The predicted molar refractivity (Wildman–Crippen MR) is 111 cm³/mol. The Labute approximate surface area is 164 Å². The van der Waals surface area contributed by atoms with Crippen LogP contribution >= 0.6 is 0 Å². The maximum atomic E-state index is 12.5. The zero-order valence-electron chi connectivity index (χ0n) is 15.9. The first-order valence-corrected chi connectivity index (χ1v) is 9.11. The summed E-state index contributed by atoms with van der Waals surface area (Å²) >= 11 is 0.